The van der Waals surface area contributed by atoms with E-state index in [4.69, 9.17) is 0 Å². The fourth-order valence-electron chi connectivity index (χ4n) is 3.20. The van der Waals surface area contributed by atoms with Gasteiger partial charge >= 0.3 is 12.1 Å². The second-order valence-corrected chi connectivity index (χ2v) is 8.13. The van der Waals surface area contributed by atoms with Crippen molar-refractivity contribution in [2.24, 2.45) is 11.8 Å². The van der Waals surface area contributed by atoms with Crippen molar-refractivity contribution in [3.05, 3.63) is 41.2 Å². The number of aromatic nitrogens is 1. The number of amides is 2. The molecule has 182 valence electrons. The van der Waals surface area contributed by atoms with Gasteiger partial charge in [-0.3, -0.25) is 9.59 Å². The lowest BCUT2D eigenvalue weighted by Crippen LogP contribution is -2.36. The number of carbonyl (C=O) groups excluding carboxylic acids is 2. The van der Waals surface area contributed by atoms with E-state index in [9.17, 15) is 44.7 Å². The van der Waals surface area contributed by atoms with E-state index in [1.165, 1.54) is 0 Å². The molecule has 0 radical (unpaired) electrons. The lowest BCUT2D eigenvalue weighted by Gasteiger charge is -2.22. The van der Waals surface area contributed by atoms with Crippen LogP contribution in [-0.2, 0) is 15.5 Å². The average molecular weight is 493 g/mol. The third-order valence-electron chi connectivity index (χ3n) is 5.36. The molecular weight excluding hydrogens is 478 g/mol. The normalized spacial score (nSPS) is 16.4. The summed E-state index contributed by atoms with van der Waals surface area (Å²) in [5, 5.41) is 4.79. The Morgan fingerprint density at radius 1 is 0.794 bits per heavy atom. The molecule has 34 heavy (non-hydrogen) atoms. The summed E-state index contributed by atoms with van der Waals surface area (Å²) in [5.74, 6) is -15.2. The Morgan fingerprint density at radius 3 is 1.68 bits per heavy atom. The maximum atomic E-state index is 14.7. The highest BCUT2D eigenvalue weighted by Crippen LogP contribution is 2.47. The van der Waals surface area contributed by atoms with E-state index in [2.05, 4.69) is 15.6 Å². The smallest absolute Gasteiger partial charge is 0.310 e. The van der Waals surface area contributed by atoms with Crippen molar-refractivity contribution in [1.82, 2.24) is 4.98 Å². The minimum atomic E-state index is -6.38. The van der Waals surface area contributed by atoms with Gasteiger partial charge in [-0.2, -0.15) is 22.0 Å². The Bertz CT molecular complexity index is 1130. The van der Waals surface area contributed by atoms with Crippen molar-refractivity contribution in [3.8, 4) is 11.1 Å². The van der Waals surface area contributed by atoms with Gasteiger partial charge < -0.3 is 10.6 Å². The number of benzene rings is 1. The minimum Gasteiger partial charge on any atom is -0.310 e. The largest absolute Gasteiger partial charge is 0.458 e. The first kappa shape index (κ1) is 23.9. The number of anilines is 2. The monoisotopic (exact) mass is 493 g/mol. The number of rotatable bonds is 6. The molecule has 4 rings (SSSR count). The van der Waals surface area contributed by atoms with E-state index in [1.807, 2.05) is 0 Å². The van der Waals surface area contributed by atoms with Crippen LogP contribution >= 0.6 is 0 Å². The van der Waals surface area contributed by atoms with Crippen LogP contribution in [0, 0.1) is 29.3 Å². The summed E-state index contributed by atoms with van der Waals surface area (Å²) in [6.07, 6.45) is -3.94. The third kappa shape index (κ3) is 4.55. The van der Waals surface area contributed by atoms with Crippen molar-refractivity contribution in [2.75, 3.05) is 10.6 Å². The second-order valence-electron chi connectivity index (χ2n) is 8.13. The van der Waals surface area contributed by atoms with E-state index in [1.54, 1.807) is 0 Å². The van der Waals surface area contributed by atoms with Crippen molar-refractivity contribution >= 4 is 23.5 Å². The number of nitrogens with one attached hydrogen (secondary N) is 2. The maximum Gasteiger partial charge on any atom is 0.458 e. The van der Waals surface area contributed by atoms with Gasteiger partial charge in [0.25, 0.3) is 0 Å². The minimum absolute atomic E-state index is 0.0122. The second kappa shape index (κ2) is 8.20. The predicted molar refractivity (Wildman–Crippen MR) is 102 cm³/mol. The van der Waals surface area contributed by atoms with E-state index in [0.29, 0.717) is 25.7 Å². The fourth-order valence-corrected chi connectivity index (χ4v) is 3.20. The number of pyridine rings is 1. The number of alkyl halides is 5. The molecule has 2 aromatic rings. The first-order valence-electron chi connectivity index (χ1n) is 10.1. The van der Waals surface area contributed by atoms with E-state index in [0.717, 1.165) is 12.1 Å². The summed E-state index contributed by atoms with van der Waals surface area (Å²) in [6, 6.07) is 1.89. The molecule has 0 saturated heterocycles. The van der Waals surface area contributed by atoms with Crippen LogP contribution in [0.25, 0.3) is 11.1 Å². The van der Waals surface area contributed by atoms with Crippen molar-refractivity contribution in [1.29, 1.82) is 0 Å². The average Bonchev–Trinajstić information content (AvgIpc) is 3.62. The van der Waals surface area contributed by atoms with Gasteiger partial charge in [-0.1, -0.05) is 0 Å². The Balaban J connectivity index is 1.78. The highest BCUT2D eigenvalue weighted by Gasteiger charge is 2.61. The van der Waals surface area contributed by atoms with Gasteiger partial charge in [-0.05, 0) is 49.4 Å². The molecule has 2 aliphatic carbocycles. The molecule has 0 bridgehead atoms. The summed E-state index contributed by atoms with van der Waals surface area (Å²) < 4.78 is 108. The van der Waals surface area contributed by atoms with Gasteiger partial charge in [0.15, 0.2) is 11.6 Å². The van der Waals surface area contributed by atoms with Crippen molar-refractivity contribution in [2.45, 2.75) is 37.8 Å². The summed E-state index contributed by atoms with van der Waals surface area (Å²) in [4.78, 5) is 28.1. The maximum absolute atomic E-state index is 14.7. The van der Waals surface area contributed by atoms with Gasteiger partial charge in [0.05, 0.1) is 0 Å². The van der Waals surface area contributed by atoms with Crippen molar-refractivity contribution in [3.63, 3.8) is 0 Å². The third-order valence-corrected chi connectivity index (χ3v) is 5.36. The molecule has 0 atom stereocenters. The topological polar surface area (TPSA) is 71.1 Å². The van der Waals surface area contributed by atoms with E-state index < -0.39 is 58.1 Å². The van der Waals surface area contributed by atoms with Gasteiger partial charge in [0.2, 0.25) is 11.8 Å². The zero-order valence-electron chi connectivity index (χ0n) is 17.0. The molecule has 1 heterocycles. The first-order valence-corrected chi connectivity index (χ1v) is 10.1. The molecular formula is C21H15F8N3O2. The lowest BCUT2D eigenvalue weighted by molar-refractivity contribution is -0.291. The Morgan fingerprint density at radius 2 is 1.26 bits per heavy atom. The molecule has 2 N–H and O–H groups in total. The number of hydrogen-bond donors (Lipinski definition) is 2. The summed E-state index contributed by atoms with van der Waals surface area (Å²) in [5.41, 5.74) is -4.22. The number of nitrogens with zero attached hydrogens (tertiary/aromatic N) is 1. The SMILES string of the molecule is O=C(Nc1cc(-c2cc(F)c(C(F)(F)C(F)(F)F)c(F)c2F)cc(NC(=O)C2CC2)n1)C1CC1. The molecule has 2 aliphatic rings. The molecule has 2 fully saturated rings. The standard InChI is InChI=1S/C21H15F8N3O2/c22-12-7-11(16(23)17(24)15(12)20(25,26)21(27,28)29)10-5-13(31-18(33)8-1-2-8)30-14(6-10)32-19(34)9-3-4-9/h5-9H,1-4H2,(H2,30,31,32,33,34). The summed E-state index contributed by atoms with van der Waals surface area (Å²) in [7, 11) is 0. The van der Waals surface area contributed by atoms with E-state index in [-0.39, 0.29) is 29.5 Å². The van der Waals surface area contributed by atoms with Crippen molar-refractivity contribution < 1.29 is 44.7 Å². The molecule has 1 aromatic heterocycles. The quantitative estimate of drug-likeness (QED) is 0.412. The van der Waals surface area contributed by atoms with Crippen LogP contribution in [0.15, 0.2) is 18.2 Å². The molecule has 2 saturated carbocycles. The number of hydrogen-bond acceptors (Lipinski definition) is 3. The van der Waals surface area contributed by atoms with Gasteiger partial charge in [0.1, 0.15) is 23.0 Å². The Labute approximate surface area is 186 Å². The van der Waals surface area contributed by atoms with Gasteiger partial charge in [-0.25, -0.2) is 18.2 Å². The van der Waals surface area contributed by atoms with Crippen LogP contribution in [0.2, 0.25) is 0 Å². The predicted octanol–water partition coefficient (Wildman–Crippen LogP) is 5.52. The highest BCUT2D eigenvalue weighted by molar-refractivity contribution is 5.96. The van der Waals surface area contributed by atoms with Crippen LogP contribution in [0.4, 0.5) is 46.8 Å². The Kier molecular flexibility index (Phi) is 5.76. The fraction of sp³-hybridized carbons (Fsp3) is 0.381. The Hall–Kier alpha value is -3.25. The lowest BCUT2D eigenvalue weighted by atomic mass is 9.99. The molecule has 0 aliphatic heterocycles. The van der Waals surface area contributed by atoms with Crippen LogP contribution in [0.1, 0.15) is 31.2 Å². The summed E-state index contributed by atoms with van der Waals surface area (Å²) in [6.45, 7) is 0. The van der Waals surface area contributed by atoms with Crippen LogP contribution in [0.3, 0.4) is 0 Å². The van der Waals surface area contributed by atoms with Gasteiger partial charge in [-0.15, -0.1) is 0 Å². The van der Waals surface area contributed by atoms with Gasteiger partial charge in [0, 0.05) is 17.4 Å². The molecule has 0 spiro atoms. The number of carbonyl (C=O) groups is 2. The summed E-state index contributed by atoms with van der Waals surface area (Å²) >= 11 is 0. The first-order chi connectivity index (χ1) is 15.8. The molecule has 0 unspecified atom stereocenters. The highest BCUT2D eigenvalue weighted by atomic mass is 19.4. The van der Waals surface area contributed by atoms with E-state index >= 15 is 0 Å². The zero-order chi connectivity index (χ0) is 25.0. The molecule has 1 aromatic carbocycles. The molecule has 5 nitrogen and oxygen atoms in total. The zero-order valence-corrected chi connectivity index (χ0v) is 17.0. The molecule has 2 amide bonds. The van der Waals surface area contributed by atoms with Crippen LogP contribution in [0.5, 0.6) is 0 Å². The van der Waals surface area contributed by atoms with Crippen LogP contribution in [-0.4, -0.2) is 23.0 Å². The van der Waals surface area contributed by atoms with Crippen LogP contribution < -0.4 is 10.6 Å². The number of halogens is 8. The molecule has 13 heteroatoms.